The number of amides is 9. The predicted octanol–water partition coefficient (Wildman–Crippen LogP) is -3.14. The molecule has 0 aliphatic rings. The van der Waals surface area contributed by atoms with Crippen LogP contribution in [0.15, 0.2) is 0 Å². The highest BCUT2D eigenvalue weighted by molar-refractivity contribution is 7.80. The summed E-state index contributed by atoms with van der Waals surface area (Å²) in [7, 11) is 0. The fourth-order valence-electron chi connectivity index (χ4n) is 6.50. The Balaban J connectivity index is 6.20. The fraction of sp³-hybridized carbons (Fsp3) is 0.727. The number of aliphatic carboxylic acids is 3. The molecule has 15 N–H and O–H groups in total. The van der Waals surface area contributed by atoms with Gasteiger partial charge in [0, 0.05) is 18.6 Å². The van der Waals surface area contributed by atoms with Crippen molar-refractivity contribution in [2.75, 3.05) is 12.4 Å². The van der Waals surface area contributed by atoms with Gasteiger partial charge in [-0.25, -0.2) is 4.79 Å². The topological polar surface area (TPSA) is 420 Å². The lowest BCUT2D eigenvalue weighted by Gasteiger charge is -2.29. The van der Waals surface area contributed by atoms with E-state index >= 15 is 0 Å². The first-order valence-corrected chi connectivity index (χ1v) is 23.9. The van der Waals surface area contributed by atoms with E-state index in [4.69, 9.17) is 5.73 Å². The number of rotatable bonds is 33. The number of carbonyl (C=O) groups excluding carboxylic acids is 9. The lowest BCUT2D eigenvalue weighted by Crippen LogP contribution is -2.61. The summed E-state index contributed by atoms with van der Waals surface area (Å²) in [6, 6.07) is -14.0. The Kier molecular flexibility index (Phi) is 29.3. The van der Waals surface area contributed by atoms with Gasteiger partial charge in [0.25, 0.3) is 0 Å². The highest BCUT2D eigenvalue weighted by Crippen LogP contribution is 2.11. The second kappa shape index (κ2) is 32.0. The first kappa shape index (κ1) is 64.9. The minimum atomic E-state index is -1.73. The summed E-state index contributed by atoms with van der Waals surface area (Å²) in [6.07, 6.45) is -2.18. The number of carboxylic acid groups (broad SMARTS) is 3. The van der Waals surface area contributed by atoms with Crippen molar-refractivity contribution in [2.45, 2.75) is 168 Å². The van der Waals surface area contributed by atoms with Gasteiger partial charge in [-0.3, -0.25) is 52.7 Å². The van der Waals surface area contributed by atoms with Crippen LogP contribution >= 0.6 is 12.6 Å². The number of hydrogen-bond donors (Lipinski definition) is 15. The second-order valence-electron chi connectivity index (χ2n) is 18.7. The Bertz CT molecular complexity index is 1890. The van der Waals surface area contributed by atoms with E-state index < -0.39 is 176 Å². The van der Waals surface area contributed by atoms with Crippen LogP contribution in [-0.4, -0.2) is 164 Å². The predicted molar refractivity (Wildman–Crippen MR) is 258 cm³/mol. The molecule has 0 unspecified atom stereocenters. The van der Waals surface area contributed by atoms with E-state index in [0.29, 0.717) is 6.42 Å². The number of carbonyl (C=O) groups is 12. The Hall–Kier alpha value is -6.09. The van der Waals surface area contributed by atoms with Crippen LogP contribution in [0.4, 0.5) is 0 Å². The highest BCUT2D eigenvalue weighted by atomic mass is 32.1. The minimum Gasteiger partial charge on any atom is -0.481 e. The molecule has 0 heterocycles. The van der Waals surface area contributed by atoms with Crippen LogP contribution in [-0.2, 0) is 57.5 Å². The standard InChI is InChI=1S/C44H76N10O16S/c1-19(2)15-25(45)37(62)52-30(18-71)41(66)47-23(9)35(60)46-24(10)36(61)53-33(21(5)6)42(67)49-26(11-13-31(56)57)38(63)48-27(12-14-32(58)59)39(64)54-34(22(7)8)43(68)51-29(17-55)40(65)50-28(44(69)70)16-20(3)4/h19-30,33-34,55,71H,11-18,45H2,1-10H3,(H,46,60)(H,47,66)(H,48,63)(H,49,67)(H,50,65)(H,51,68)(H,52,62)(H,53,61)(H,54,64)(H,56,57)(H,58,59)(H,69,70)/t23-,24-,25-,26-,27-,28-,29-,30-,33-,34-/m0/s1. The smallest absolute Gasteiger partial charge is 0.326 e. The van der Waals surface area contributed by atoms with Crippen molar-refractivity contribution in [2.24, 2.45) is 29.4 Å². The van der Waals surface area contributed by atoms with E-state index in [1.165, 1.54) is 41.5 Å². The minimum absolute atomic E-state index is 0.0286. The molecule has 0 aliphatic heterocycles. The number of hydrogen-bond acceptors (Lipinski definition) is 15. The van der Waals surface area contributed by atoms with Crippen molar-refractivity contribution in [3.05, 3.63) is 0 Å². The molecular formula is C44H76N10O16S. The Morgan fingerprint density at radius 1 is 0.423 bits per heavy atom. The quantitative estimate of drug-likeness (QED) is 0.0289. The molecule has 9 amide bonds. The van der Waals surface area contributed by atoms with Gasteiger partial charge >= 0.3 is 17.9 Å². The van der Waals surface area contributed by atoms with Gasteiger partial charge in [0.1, 0.15) is 54.4 Å². The summed E-state index contributed by atoms with van der Waals surface area (Å²) < 4.78 is 0. The summed E-state index contributed by atoms with van der Waals surface area (Å²) in [4.78, 5) is 154. The van der Waals surface area contributed by atoms with E-state index in [2.05, 4.69) is 60.5 Å². The van der Waals surface area contributed by atoms with Gasteiger partial charge in [0.05, 0.1) is 12.6 Å². The van der Waals surface area contributed by atoms with Crippen LogP contribution in [0.1, 0.15) is 108 Å². The van der Waals surface area contributed by atoms with Gasteiger partial charge in [-0.2, -0.15) is 12.6 Å². The highest BCUT2D eigenvalue weighted by Gasteiger charge is 2.36. The second-order valence-corrected chi connectivity index (χ2v) is 19.0. The molecule has 0 saturated carbocycles. The zero-order valence-corrected chi connectivity index (χ0v) is 42.8. The third-order valence-corrected chi connectivity index (χ3v) is 10.9. The Morgan fingerprint density at radius 3 is 1.15 bits per heavy atom. The van der Waals surface area contributed by atoms with Crippen LogP contribution in [0.5, 0.6) is 0 Å². The molecule has 0 fully saturated rings. The van der Waals surface area contributed by atoms with E-state index in [9.17, 15) is 78.0 Å². The number of nitrogens with one attached hydrogen (secondary N) is 9. The maximum Gasteiger partial charge on any atom is 0.326 e. The lowest BCUT2D eigenvalue weighted by molar-refractivity contribution is -0.143. The van der Waals surface area contributed by atoms with Crippen LogP contribution in [0.2, 0.25) is 0 Å². The van der Waals surface area contributed by atoms with Gasteiger partial charge < -0.3 is 74.0 Å². The Labute approximate surface area is 418 Å². The first-order chi connectivity index (χ1) is 32.9. The summed E-state index contributed by atoms with van der Waals surface area (Å²) >= 11 is 4.11. The van der Waals surface area contributed by atoms with Crippen LogP contribution < -0.4 is 53.6 Å². The maximum atomic E-state index is 13.8. The van der Waals surface area contributed by atoms with Crippen LogP contribution in [0.3, 0.4) is 0 Å². The molecule has 0 radical (unpaired) electrons. The number of nitrogens with two attached hydrogens (primary N) is 1. The van der Waals surface area contributed by atoms with Crippen molar-refractivity contribution in [3.8, 4) is 0 Å². The SMILES string of the molecule is CC(C)C[C@H](NC(=O)[C@H](CO)NC(=O)[C@@H](NC(=O)[C@H](CCC(=O)O)NC(=O)[C@H](CCC(=O)O)NC(=O)[C@@H](NC(=O)[C@H](C)NC(=O)[C@H](C)NC(=O)[C@H](CS)NC(=O)[C@@H](N)CC(C)C)C(C)C)C(C)C)C(=O)O. The molecule has 0 rings (SSSR count). The molecule has 0 bridgehead atoms. The van der Waals surface area contributed by atoms with E-state index in [1.54, 1.807) is 13.8 Å². The van der Waals surface area contributed by atoms with Gasteiger partial charge in [-0.15, -0.1) is 0 Å². The van der Waals surface area contributed by atoms with Crippen molar-refractivity contribution < 1.29 is 78.0 Å². The molecule has 71 heavy (non-hydrogen) atoms. The summed E-state index contributed by atoms with van der Waals surface area (Å²) in [5.74, 6) is -14.2. The molecule has 0 aromatic rings. The number of aliphatic hydroxyl groups excluding tert-OH is 1. The summed E-state index contributed by atoms with van der Waals surface area (Å²) in [5.41, 5.74) is 5.90. The average molecular weight is 1030 g/mol. The number of aliphatic hydroxyl groups is 1. The first-order valence-electron chi connectivity index (χ1n) is 23.2. The molecule has 10 atom stereocenters. The van der Waals surface area contributed by atoms with Crippen molar-refractivity contribution >= 4 is 83.7 Å². The molecule has 27 heteroatoms. The summed E-state index contributed by atoms with van der Waals surface area (Å²) in [5, 5.41) is 59.6. The number of carboxylic acids is 3. The molecule has 0 aromatic carbocycles. The number of thiol groups is 1. The zero-order valence-electron chi connectivity index (χ0n) is 42.0. The lowest BCUT2D eigenvalue weighted by atomic mass is 10.0. The molecular weight excluding hydrogens is 957 g/mol. The van der Waals surface area contributed by atoms with E-state index in [0.717, 1.165) is 0 Å². The molecule has 0 saturated heterocycles. The normalized spacial score (nSPS) is 15.5. The molecule has 0 spiro atoms. The molecule has 404 valence electrons. The van der Waals surface area contributed by atoms with E-state index in [-0.39, 0.29) is 24.0 Å². The molecule has 0 aliphatic carbocycles. The van der Waals surface area contributed by atoms with Gasteiger partial charge in [0.15, 0.2) is 0 Å². The largest absolute Gasteiger partial charge is 0.481 e. The monoisotopic (exact) mass is 1030 g/mol. The zero-order chi connectivity index (χ0) is 55.0. The van der Waals surface area contributed by atoms with Gasteiger partial charge in [-0.1, -0.05) is 55.4 Å². The van der Waals surface area contributed by atoms with Gasteiger partial charge in [0.2, 0.25) is 53.2 Å². The maximum absolute atomic E-state index is 13.8. The van der Waals surface area contributed by atoms with Crippen molar-refractivity contribution in [1.29, 1.82) is 0 Å². The van der Waals surface area contributed by atoms with E-state index in [1.807, 2.05) is 13.8 Å². The summed E-state index contributed by atoms with van der Waals surface area (Å²) in [6.45, 7) is 14.8. The van der Waals surface area contributed by atoms with Crippen molar-refractivity contribution in [3.63, 3.8) is 0 Å². The van der Waals surface area contributed by atoms with Crippen molar-refractivity contribution in [1.82, 2.24) is 47.9 Å². The molecule has 26 nitrogen and oxygen atoms in total. The third kappa shape index (κ3) is 24.5. The average Bonchev–Trinajstić information content (AvgIpc) is 3.26. The van der Waals surface area contributed by atoms with Gasteiger partial charge in [-0.05, 0) is 63.2 Å². The third-order valence-electron chi connectivity index (χ3n) is 10.6. The fourth-order valence-corrected chi connectivity index (χ4v) is 6.76. The molecule has 0 aromatic heterocycles. The Morgan fingerprint density at radius 2 is 0.761 bits per heavy atom. The van der Waals surface area contributed by atoms with Crippen LogP contribution in [0, 0.1) is 23.7 Å². The van der Waals surface area contributed by atoms with Crippen LogP contribution in [0.25, 0.3) is 0 Å².